The molecule has 1 aromatic heterocycles. The fraction of sp³-hybridized carbons (Fsp3) is 0.190. The van der Waals surface area contributed by atoms with E-state index in [0.717, 1.165) is 17.7 Å². The lowest BCUT2D eigenvalue weighted by Gasteiger charge is -2.31. The second kappa shape index (κ2) is 5.64. The van der Waals surface area contributed by atoms with Gasteiger partial charge in [0.25, 0.3) is 0 Å². The Morgan fingerprint density at radius 2 is 1.65 bits per heavy atom. The lowest BCUT2D eigenvalue weighted by Crippen LogP contribution is -2.33. The van der Waals surface area contributed by atoms with Gasteiger partial charge in [0.1, 0.15) is 5.60 Å². The highest BCUT2D eigenvalue weighted by Gasteiger charge is 2.46. The Kier molecular flexibility index (Phi) is 3.47. The van der Waals surface area contributed by atoms with Crippen LogP contribution in [0, 0.1) is 0 Å². The Hall–Kier alpha value is -2.45. The van der Waals surface area contributed by atoms with E-state index in [1.165, 1.54) is 11.1 Å². The van der Waals surface area contributed by atoms with Crippen molar-refractivity contribution in [3.05, 3.63) is 101 Å². The van der Waals surface area contributed by atoms with Gasteiger partial charge >= 0.3 is 0 Å². The molecule has 1 aliphatic rings. The number of benzene rings is 2. The van der Waals surface area contributed by atoms with Gasteiger partial charge in [0.05, 0.1) is 0 Å². The fourth-order valence-corrected chi connectivity index (χ4v) is 3.77. The molecule has 0 saturated carbocycles. The molecule has 0 bridgehead atoms. The third-order valence-corrected chi connectivity index (χ3v) is 4.86. The Labute approximate surface area is 136 Å². The number of fused-ring (bicyclic) bond motifs is 1. The Morgan fingerprint density at radius 1 is 0.913 bits per heavy atom. The Bertz CT molecular complexity index is 800. The molecule has 0 fully saturated rings. The van der Waals surface area contributed by atoms with Crippen molar-refractivity contribution < 1.29 is 5.11 Å². The monoisotopic (exact) mass is 301 g/mol. The third-order valence-electron chi connectivity index (χ3n) is 4.86. The highest BCUT2D eigenvalue weighted by molar-refractivity contribution is 5.45. The third kappa shape index (κ3) is 2.45. The molecule has 2 nitrogen and oxygen atoms in total. The Morgan fingerprint density at radius 3 is 2.43 bits per heavy atom. The molecule has 4 rings (SSSR count). The molecule has 0 unspecified atom stereocenters. The van der Waals surface area contributed by atoms with Gasteiger partial charge in [-0.3, -0.25) is 4.98 Å². The van der Waals surface area contributed by atoms with E-state index >= 15 is 0 Å². The van der Waals surface area contributed by atoms with Crippen molar-refractivity contribution >= 4 is 0 Å². The van der Waals surface area contributed by atoms with E-state index in [4.69, 9.17) is 0 Å². The van der Waals surface area contributed by atoms with Crippen molar-refractivity contribution in [2.75, 3.05) is 0 Å². The van der Waals surface area contributed by atoms with E-state index in [2.05, 4.69) is 29.2 Å². The summed E-state index contributed by atoms with van der Waals surface area (Å²) in [5, 5.41) is 11.7. The van der Waals surface area contributed by atoms with E-state index in [9.17, 15) is 5.11 Å². The number of hydrogen-bond donors (Lipinski definition) is 1. The molecule has 0 saturated heterocycles. The molecular formula is C21H19NO. The van der Waals surface area contributed by atoms with Gasteiger partial charge in [-0.25, -0.2) is 0 Å². The summed E-state index contributed by atoms with van der Waals surface area (Å²) in [5.74, 6) is 0.0584. The van der Waals surface area contributed by atoms with E-state index in [0.29, 0.717) is 6.42 Å². The Balaban J connectivity index is 1.81. The molecule has 0 spiro atoms. The lowest BCUT2D eigenvalue weighted by atomic mass is 9.79. The van der Waals surface area contributed by atoms with Crippen molar-refractivity contribution in [1.82, 2.24) is 4.98 Å². The molecule has 23 heavy (non-hydrogen) atoms. The summed E-state index contributed by atoms with van der Waals surface area (Å²) >= 11 is 0. The zero-order chi connectivity index (χ0) is 15.7. The van der Waals surface area contributed by atoms with Crippen LogP contribution < -0.4 is 0 Å². The van der Waals surface area contributed by atoms with E-state index in [1.807, 2.05) is 48.5 Å². The molecular weight excluding hydrogens is 282 g/mol. The smallest absolute Gasteiger partial charge is 0.103 e. The van der Waals surface area contributed by atoms with Crippen LogP contribution in [0.3, 0.4) is 0 Å². The molecule has 3 aromatic rings. The number of hydrogen-bond acceptors (Lipinski definition) is 2. The van der Waals surface area contributed by atoms with Crippen LogP contribution in [0.15, 0.2) is 79.0 Å². The second-order valence-corrected chi connectivity index (χ2v) is 6.25. The van der Waals surface area contributed by atoms with Crippen LogP contribution in [-0.2, 0) is 18.4 Å². The molecule has 2 atom stereocenters. The van der Waals surface area contributed by atoms with Crippen molar-refractivity contribution in [2.24, 2.45) is 0 Å². The summed E-state index contributed by atoms with van der Waals surface area (Å²) in [6.45, 7) is 0. The van der Waals surface area contributed by atoms with Crippen LogP contribution in [0.2, 0.25) is 0 Å². The summed E-state index contributed by atoms with van der Waals surface area (Å²) in [6, 6.07) is 24.4. The number of nitrogens with zero attached hydrogens (tertiary/aromatic N) is 1. The average molecular weight is 301 g/mol. The van der Waals surface area contributed by atoms with Crippen LogP contribution in [0.1, 0.15) is 28.3 Å². The van der Waals surface area contributed by atoms with Crippen LogP contribution in [-0.4, -0.2) is 10.1 Å². The number of aromatic nitrogens is 1. The normalized spacial score (nSPS) is 22.7. The van der Waals surface area contributed by atoms with Crippen molar-refractivity contribution in [3.63, 3.8) is 0 Å². The molecule has 114 valence electrons. The molecule has 1 N–H and O–H groups in total. The minimum atomic E-state index is -0.910. The maximum absolute atomic E-state index is 11.7. The molecule has 1 heterocycles. The number of aliphatic hydroxyl groups is 1. The van der Waals surface area contributed by atoms with Gasteiger partial charge < -0.3 is 5.11 Å². The van der Waals surface area contributed by atoms with Crippen molar-refractivity contribution in [2.45, 2.75) is 24.4 Å². The van der Waals surface area contributed by atoms with Gasteiger partial charge in [-0.2, -0.15) is 0 Å². The first kappa shape index (κ1) is 14.2. The summed E-state index contributed by atoms with van der Waals surface area (Å²) in [6.07, 6.45) is 3.19. The highest BCUT2D eigenvalue weighted by Crippen LogP contribution is 2.48. The molecule has 0 radical (unpaired) electrons. The first-order valence-corrected chi connectivity index (χ1v) is 8.03. The average Bonchev–Trinajstić information content (AvgIpc) is 2.90. The molecule has 2 aromatic carbocycles. The SMILES string of the molecule is O[C@@]1(Cc2ccccn2)c2ccccc2C[C@@H]1c1ccccc1. The molecule has 0 aliphatic heterocycles. The van der Waals surface area contributed by atoms with E-state index in [-0.39, 0.29) is 5.92 Å². The van der Waals surface area contributed by atoms with Gasteiger partial charge in [-0.1, -0.05) is 60.7 Å². The largest absolute Gasteiger partial charge is 0.384 e. The number of pyridine rings is 1. The van der Waals surface area contributed by atoms with Crippen LogP contribution in [0.25, 0.3) is 0 Å². The summed E-state index contributed by atoms with van der Waals surface area (Å²) in [7, 11) is 0. The topological polar surface area (TPSA) is 33.1 Å². The van der Waals surface area contributed by atoms with Gasteiger partial charge in [-0.15, -0.1) is 0 Å². The number of rotatable bonds is 3. The molecule has 1 aliphatic carbocycles. The molecule has 0 amide bonds. The minimum absolute atomic E-state index is 0.0584. The van der Waals surface area contributed by atoms with E-state index < -0.39 is 5.60 Å². The summed E-state index contributed by atoms with van der Waals surface area (Å²) in [4.78, 5) is 4.43. The first-order valence-electron chi connectivity index (χ1n) is 8.03. The van der Waals surface area contributed by atoms with Gasteiger partial charge in [0.2, 0.25) is 0 Å². The molecule has 2 heteroatoms. The fourth-order valence-electron chi connectivity index (χ4n) is 3.77. The van der Waals surface area contributed by atoms with Gasteiger partial charge in [-0.05, 0) is 35.2 Å². The summed E-state index contributed by atoms with van der Waals surface area (Å²) in [5.41, 5.74) is 3.47. The predicted molar refractivity (Wildman–Crippen MR) is 91.2 cm³/mol. The van der Waals surface area contributed by atoms with Gasteiger partial charge in [0, 0.05) is 24.2 Å². The predicted octanol–water partition coefficient (Wildman–Crippen LogP) is 3.85. The zero-order valence-corrected chi connectivity index (χ0v) is 12.9. The first-order chi connectivity index (χ1) is 11.3. The maximum atomic E-state index is 11.7. The van der Waals surface area contributed by atoms with Crippen LogP contribution >= 0.6 is 0 Å². The van der Waals surface area contributed by atoms with Crippen LogP contribution in [0.5, 0.6) is 0 Å². The lowest BCUT2D eigenvalue weighted by molar-refractivity contribution is 0.0180. The quantitative estimate of drug-likeness (QED) is 0.797. The standard InChI is InChI=1S/C21H19NO/c23-21(15-18-11-6-7-13-22-18)19-12-5-4-10-17(19)14-20(21)16-8-2-1-3-9-16/h1-13,20,23H,14-15H2/t20-,21+/m1/s1. The van der Waals surface area contributed by atoms with Crippen molar-refractivity contribution in [1.29, 1.82) is 0 Å². The second-order valence-electron chi connectivity index (χ2n) is 6.25. The summed E-state index contributed by atoms with van der Waals surface area (Å²) < 4.78 is 0. The van der Waals surface area contributed by atoms with Crippen LogP contribution in [0.4, 0.5) is 0 Å². The zero-order valence-electron chi connectivity index (χ0n) is 12.9. The van der Waals surface area contributed by atoms with Crippen molar-refractivity contribution in [3.8, 4) is 0 Å². The van der Waals surface area contributed by atoms with E-state index in [1.54, 1.807) is 6.20 Å². The minimum Gasteiger partial charge on any atom is -0.384 e. The van der Waals surface area contributed by atoms with Gasteiger partial charge in [0.15, 0.2) is 0 Å². The maximum Gasteiger partial charge on any atom is 0.103 e. The highest BCUT2D eigenvalue weighted by atomic mass is 16.3.